The molecule has 6 rings (SSSR count). The van der Waals surface area contributed by atoms with Crippen LogP contribution in [0.15, 0.2) is 59.3 Å². The topological polar surface area (TPSA) is 155 Å². The first-order chi connectivity index (χ1) is 18.8. The summed E-state index contributed by atoms with van der Waals surface area (Å²) in [7, 11) is 0. The molecule has 1 aliphatic carbocycles. The Labute approximate surface area is 223 Å². The van der Waals surface area contributed by atoms with E-state index < -0.39 is 5.54 Å². The van der Waals surface area contributed by atoms with E-state index in [1.807, 2.05) is 37.3 Å². The van der Waals surface area contributed by atoms with Crippen LogP contribution in [-0.4, -0.2) is 53.4 Å². The molecule has 3 N–H and O–H groups in total. The molecular formula is C27H28N8O4. The van der Waals surface area contributed by atoms with Gasteiger partial charge in [-0.15, -0.1) is 5.10 Å². The Hall–Kier alpha value is -4.74. The standard InChI is InChI=1S/C27H28N8O4/c1-16(36)39-19-12-10-18(11-13-19)30-25(37)27(2,17-7-4-3-5-8-17)35-24-20(15-29-35)23-31-22(21-9-6-14-38-21)33-34(23)26(28)32-24/h3-9,14-15,18-19H,10-13H2,1-2H3,(H2,28,32)(H,30,37)/t18-,19+,27?. The van der Waals surface area contributed by atoms with Gasteiger partial charge in [0.2, 0.25) is 11.8 Å². The van der Waals surface area contributed by atoms with E-state index in [4.69, 9.17) is 14.9 Å². The van der Waals surface area contributed by atoms with E-state index in [-0.39, 0.29) is 30.0 Å². The molecule has 0 bridgehead atoms. The molecule has 12 heteroatoms. The lowest BCUT2D eigenvalue weighted by Gasteiger charge is -2.34. The molecule has 1 unspecified atom stereocenters. The minimum atomic E-state index is -1.25. The van der Waals surface area contributed by atoms with Crippen LogP contribution in [0.1, 0.15) is 45.1 Å². The summed E-state index contributed by atoms with van der Waals surface area (Å²) < 4.78 is 13.8. The van der Waals surface area contributed by atoms with E-state index in [0.717, 1.165) is 5.56 Å². The van der Waals surface area contributed by atoms with Crippen LogP contribution in [0.2, 0.25) is 0 Å². The Kier molecular flexibility index (Phi) is 6.01. The van der Waals surface area contributed by atoms with E-state index in [2.05, 4.69) is 25.5 Å². The van der Waals surface area contributed by atoms with Crippen molar-refractivity contribution < 1.29 is 18.7 Å². The summed E-state index contributed by atoms with van der Waals surface area (Å²) >= 11 is 0. The van der Waals surface area contributed by atoms with Crippen molar-refractivity contribution in [1.29, 1.82) is 0 Å². The number of benzene rings is 1. The maximum atomic E-state index is 14.1. The van der Waals surface area contributed by atoms with Crippen LogP contribution in [-0.2, 0) is 19.9 Å². The Bertz CT molecular complexity index is 1650. The van der Waals surface area contributed by atoms with Crippen molar-refractivity contribution in [3.63, 3.8) is 0 Å². The highest BCUT2D eigenvalue weighted by Crippen LogP contribution is 2.32. The van der Waals surface area contributed by atoms with Crippen LogP contribution >= 0.6 is 0 Å². The number of nitrogens with one attached hydrogen (secondary N) is 1. The maximum absolute atomic E-state index is 14.1. The number of amides is 1. The van der Waals surface area contributed by atoms with Gasteiger partial charge < -0.3 is 20.2 Å². The van der Waals surface area contributed by atoms with Gasteiger partial charge in [0.1, 0.15) is 6.10 Å². The second-order valence-corrected chi connectivity index (χ2v) is 9.91. The number of hydrogen-bond donors (Lipinski definition) is 2. The van der Waals surface area contributed by atoms with E-state index >= 15 is 0 Å². The van der Waals surface area contributed by atoms with Gasteiger partial charge in [0.15, 0.2) is 22.6 Å². The highest BCUT2D eigenvalue weighted by Gasteiger charge is 2.41. The third-order valence-electron chi connectivity index (χ3n) is 7.31. The molecule has 5 aromatic rings. The number of rotatable bonds is 6. The highest BCUT2D eigenvalue weighted by atomic mass is 16.5. The van der Waals surface area contributed by atoms with Gasteiger partial charge in [-0.05, 0) is 50.3 Å². The molecule has 12 nitrogen and oxygen atoms in total. The fourth-order valence-electron chi connectivity index (χ4n) is 5.24. The molecule has 1 atom stereocenters. The highest BCUT2D eigenvalue weighted by molar-refractivity contribution is 5.94. The Balaban J connectivity index is 1.39. The second-order valence-electron chi connectivity index (χ2n) is 9.91. The predicted octanol–water partition coefficient (Wildman–Crippen LogP) is 3.07. The molecule has 1 aromatic carbocycles. The van der Waals surface area contributed by atoms with E-state index in [0.29, 0.717) is 53.9 Å². The molecule has 4 heterocycles. The number of esters is 1. The number of ether oxygens (including phenoxy) is 1. The van der Waals surface area contributed by atoms with E-state index in [1.165, 1.54) is 11.4 Å². The van der Waals surface area contributed by atoms with Crippen molar-refractivity contribution in [3.8, 4) is 11.6 Å². The SMILES string of the molecule is CC(=O)O[C@H]1CC[C@@H](NC(=O)C(C)(c2ccccc2)n2ncc3c2nc(N)n2nc(-c4ccco4)nc32)CC1. The number of nitrogens with two attached hydrogens (primary N) is 1. The lowest BCUT2D eigenvalue weighted by molar-refractivity contribution is -0.148. The van der Waals surface area contributed by atoms with Gasteiger partial charge in [-0.25, -0.2) is 9.67 Å². The van der Waals surface area contributed by atoms with Crippen molar-refractivity contribution in [2.45, 2.75) is 57.2 Å². The van der Waals surface area contributed by atoms with Crippen molar-refractivity contribution in [3.05, 3.63) is 60.5 Å². The van der Waals surface area contributed by atoms with Gasteiger partial charge in [0.25, 0.3) is 5.91 Å². The van der Waals surface area contributed by atoms with Gasteiger partial charge in [0, 0.05) is 13.0 Å². The molecule has 0 spiro atoms. The number of aromatic nitrogens is 6. The summed E-state index contributed by atoms with van der Waals surface area (Å²) in [4.78, 5) is 34.6. The molecule has 200 valence electrons. The average molecular weight is 529 g/mol. The first-order valence-electron chi connectivity index (χ1n) is 12.8. The predicted molar refractivity (Wildman–Crippen MR) is 141 cm³/mol. The molecule has 1 amide bonds. The normalized spacial score (nSPS) is 19.1. The molecule has 1 fully saturated rings. The number of nitrogens with zero attached hydrogens (tertiary/aromatic N) is 6. The quantitative estimate of drug-likeness (QED) is 0.316. The van der Waals surface area contributed by atoms with Crippen LogP contribution in [0.3, 0.4) is 0 Å². The third kappa shape index (κ3) is 4.27. The zero-order chi connectivity index (χ0) is 27.1. The molecule has 1 saturated carbocycles. The zero-order valence-electron chi connectivity index (χ0n) is 21.6. The number of fused-ring (bicyclic) bond motifs is 3. The van der Waals surface area contributed by atoms with Crippen LogP contribution in [0.4, 0.5) is 5.95 Å². The fourth-order valence-corrected chi connectivity index (χ4v) is 5.24. The number of carbonyl (C=O) groups excluding carboxylic acids is 2. The van der Waals surface area contributed by atoms with Crippen molar-refractivity contribution in [2.24, 2.45) is 0 Å². The largest absolute Gasteiger partial charge is 0.463 e. The average Bonchev–Trinajstić information content (AvgIpc) is 3.69. The lowest BCUT2D eigenvalue weighted by Crippen LogP contribution is -2.52. The molecule has 4 aromatic heterocycles. The summed E-state index contributed by atoms with van der Waals surface area (Å²) in [5, 5.41) is 12.9. The smallest absolute Gasteiger partial charge is 0.302 e. The number of nitrogen functional groups attached to an aromatic ring is 1. The van der Waals surface area contributed by atoms with Gasteiger partial charge in [-0.2, -0.15) is 14.6 Å². The fraction of sp³-hybridized carbons (Fsp3) is 0.333. The van der Waals surface area contributed by atoms with Crippen molar-refractivity contribution in [2.75, 3.05) is 5.73 Å². The Morgan fingerprint density at radius 3 is 2.54 bits per heavy atom. The summed E-state index contributed by atoms with van der Waals surface area (Å²) in [6.45, 7) is 3.23. The number of anilines is 1. The van der Waals surface area contributed by atoms with Crippen LogP contribution in [0.5, 0.6) is 0 Å². The molecule has 1 aliphatic rings. The molecule has 0 aliphatic heterocycles. The van der Waals surface area contributed by atoms with E-state index in [1.54, 1.807) is 29.3 Å². The molecular weight excluding hydrogens is 500 g/mol. The second kappa shape index (κ2) is 9.53. The minimum Gasteiger partial charge on any atom is -0.463 e. The van der Waals surface area contributed by atoms with E-state index in [9.17, 15) is 9.59 Å². The van der Waals surface area contributed by atoms with Crippen LogP contribution in [0.25, 0.3) is 28.3 Å². The van der Waals surface area contributed by atoms with Gasteiger partial charge in [0.05, 0.1) is 17.8 Å². The molecule has 39 heavy (non-hydrogen) atoms. The first-order valence-corrected chi connectivity index (χ1v) is 12.8. The monoisotopic (exact) mass is 528 g/mol. The van der Waals surface area contributed by atoms with Gasteiger partial charge in [-0.3, -0.25) is 9.59 Å². The number of carbonyl (C=O) groups is 2. The van der Waals surface area contributed by atoms with Crippen LogP contribution < -0.4 is 11.1 Å². The summed E-state index contributed by atoms with van der Waals surface area (Å²) in [5.74, 6) is 0.448. The maximum Gasteiger partial charge on any atom is 0.302 e. The third-order valence-corrected chi connectivity index (χ3v) is 7.31. The van der Waals surface area contributed by atoms with Gasteiger partial charge in [-0.1, -0.05) is 30.3 Å². The molecule has 0 radical (unpaired) electrons. The summed E-state index contributed by atoms with van der Waals surface area (Å²) in [5.41, 5.74) is 6.65. The van der Waals surface area contributed by atoms with Gasteiger partial charge >= 0.3 is 5.97 Å². The lowest BCUT2D eigenvalue weighted by atomic mass is 9.88. The number of furan rings is 1. The molecule has 0 saturated heterocycles. The Morgan fingerprint density at radius 1 is 1.08 bits per heavy atom. The minimum absolute atomic E-state index is 0.0637. The summed E-state index contributed by atoms with van der Waals surface area (Å²) in [6.07, 6.45) is 5.84. The number of hydrogen-bond acceptors (Lipinski definition) is 9. The van der Waals surface area contributed by atoms with Crippen molar-refractivity contribution >= 4 is 34.5 Å². The van der Waals surface area contributed by atoms with Crippen LogP contribution in [0, 0.1) is 0 Å². The Morgan fingerprint density at radius 2 is 1.85 bits per heavy atom. The van der Waals surface area contributed by atoms with Crippen molar-refractivity contribution in [1.82, 2.24) is 34.7 Å². The zero-order valence-corrected chi connectivity index (χ0v) is 21.6. The summed E-state index contributed by atoms with van der Waals surface area (Å²) in [6, 6.07) is 12.9. The first kappa shape index (κ1) is 24.6.